The summed E-state index contributed by atoms with van der Waals surface area (Å²) < 4.78 is 68.3. The van der Waals surface area contributed by atoms with Crippen molar-refractivity contribution in [2.24, 2.45) is 5.41 Å². The highest BCUT2D eigenvalue weighted by Crippen LogP contribution is 2.61. The molecule has 1 aliphatic heterocycles. The lowest BCUT2D eigenvalue weighted by atomic mass is 9.87. The van der Waals surface area contributed by atoms with Gasteiger partial charge in [0, 0.05) is 49.9 Å². The van der Waals surface area contributed by atoms with Gasteiger partial charge in [0.2, 0.25) is 11.8 Å². The van der Waals surface area contributed by atoms with Crippen LogP contribution in [0.1, 0.15) is 96.3 Å². The average Bonchev–Trinajstić information content (AvgIpc) is 3.96. The van der Waals surface area contributed by atoms with Gasteiger partial charge in [-0.25, -0.2) is 28.6 Å². The highest BCUT2D eigenvalue weighted by molar-refractivity contribution is 8.13. The summed E-state index contributed by atoms with van der Waals surface area (Å²) in [5, 5.41) is 26.6. The normalized spacial score (nSPS) is 20.2. The molecule has 0 spiro atoms. The number of rotatable bonds is 30. The van der Waals surface area contributed by atoms with Crippen molar-refractivity contribution in [3.8, 4) is 0 Å². The third kappa shape index (κ3) is 18.1. The van der Waals surface area contributed by atoms with E-state index in [1.807, 2.05) is 6.07 Å². The zero-order chi connectivity index (χ0) is 48.7. The maximum atomic E-state index is 12.7. The third-order valence-corrected chi connectivity index (χ3v) is 14.1. The van der Waals surface area contributed by atoms with E-state index in [1.54, 1.807) is 0 Å². The smallest absolute Gasteiger partial charge is 0.466 e. The van der Waals surface area contributed by atoms with E-state index in [1.165, 1.54) is 26.7 Å². The molecule has 25 nitrogen and oxygen atoms in total. The quantitative estimate of drug-likeness (QED) is 0.0342. The van der Waals surface area contributed by atoms with Crippen molar-refractivity contribution in [2.75, 3.05) is 37.8 Å². The van der Waals surface area contributed by atoms with E-state index in [0.29, 0.717) is 12.2 Å². The lowest BCUT2D eigenvalue weighted by molar-refractivity contribution is -0.137. The summed E-state index contributed by atoms with van der Waals surface area (Å²) in [6, 6.07) is 4.09. The summed E-state index contributed by atoms with van der Waals surface area (Å²) in [4.78, 5) is 88.4. The van der Waals surface area contributed by atoms with Crippen LogP contribution < -0.4 is 16.4 Å². The van der Waals surface area contributed by atoms with Crippen LogP contribution in [-0.4, -0.2) is 123 Å². The number of aromatic nitrogens is 4. The highest BCUT2D eigenvalue weighted by atomic mass is 32.2. The maximum Gasteiger partial charge on any atom is 0.481 e. The molecule has 29 heteroatoms. The van der Waals surface area contributed by atoms with Gasteiger partial charge in [-0.05, 0) is 31.4 Å². The SMILES string of the molecule is CCCCCc1ccc(CCCCCCC(=O)SCCNC(=O)CCNC(=O)C(O)C(C)(C)COP(=O)(O)OP(=O)(O)OCC2OC(n3cnc4c(N)ncnc43)C(O)C2OP(=O)(O)O)o1. The molecule has 7 unspecified atom stereocenters. The number of furan rings is 1. The summed E-state index contributed by atoms with van der Waals surface area (Å²) in [5.74, 6) is 0.959. The number of amides is 2. The number of aliphatic hydroxyl groups excluding tert-OH is 2. The van der Waals surface area contributed by atoms with E-state index in [4.69, 9.17) is 23.9 Å². The monoisotopic (exact) mass is 1020 g/mol. The second-order valence-corrected chi connectivity index (χ2v) is 21.4. The molecule has 0 aliphatic carbocycles. The van der Waals surface area contributed by atoms with Gasteiger partial charge in [0.15, 0.2) is 22.8 Å². The zero-order valence-electron chi connectivity index (χ0n) is 36.7. The summed E-state index contributed by atoms with van der Waals surface area (Å²) >= 11 is 1.13. The van der Waals surface area contributed by atoms with Gasteiger partial charge in [-0.1, -0.05) is 58.2 Å². The van der Waals surface area contributed by atoms with Crippen molar-refractivity contribution in [3.05, 3.63) is 36.3 Å². The minimum Gasteiger partial charge on any atom is -0.466 e. The molecule has 2 amide bonds. The summed E-state index contributed by atoms with van der Waals surface area (Å²) in [7, 11) is -16.4. The van der Waals surface area contributed by atoms with Crippen LogP contribution in [0.4, 0.5) is 5.82 Å². The summed E-state index contributed by atoms with van der Waals surface area (Å²) in [6.45, 7) is 2.69. The van der Waals surface area contributed by atoms with Gasteiger partial charge < -0.3 is 55.3 Å². The Kier molecular flexibility index (Phi) is 21.4. The Labute approximate surface area is 384 Å². The molecule has 66 heavy (non-hydrogen) atoms. The molecule has 4 heterocycles. The van der Waals surface area contributed by atoms with Gasteiger partial charge >= 0.3 is 23.5 Å². The van der Waals surface area contributed by atoms with Crippen LogP contribution in [0.3, 0.4) is 0 Å². The van der Waals surface area contributed by atoms with Gasteiger partial charge in [0.05, 0.1) is 19.5 Å². The molecule has 0 bridgehead atoms. The topological polar surface area (TPSA) is 377 Å². The number of aliphatic hydroxyl groups is 2. The fourth-order valence-corrected chi connectivity index (χ4v) is 10.1. The Hall–Kier alpha value is -3.16. The third-order valence-electron chi connectivity index (χ3n) is 10.1. The molecule has 372 valence electrons. The van der Waals surface area contributed by atoms with Crippen LogP contribution in [0, 0.1) is 5.41 Å². The Bertz CT molecular complexity index is 2210. The van der Waals surface area contributed by atoms with Gasteiger partial charge in [-0.3, -0.25) is 32.5 Å². The van der Waals surface area contributed by atoms with Crippen LogP contribution in [0.25, 0.3) is 11.2 Å². The van der Waals surface area contributed by atoms with Gasteiger partial charge in [0.25, 0.3) is 0 Å². The number of thioether (sulfide) groups is 1. The van der Waals surface area contributed by atoms with Crippen molar-refractivity contribution >= 4 is 69.1 Å². The van der Waals surface area contributed by atoms with Crippen LogP contribution in [0.5, 0.6) is 0 Å². The van der Waals surface area contributed by atoms with E-state index in [2.05, 4.69) is 47.4 Å². The molecule has 10 N–H and O–H groups in total. The number of nitrogens with two attached hydrogens (primary N) is 1. The molecule has 0 radical (unpaired) electrons. The summed E-state index contributed by atoms with van der Waals surface area (Å²) in [5.41, 5.74) is 4.27. The first-order chi connectivity index (χ1) is 31.0. The van der Waals surface area contributed by atoms with Crippen molar-refractivity contribution in [2.45, 2.75) is 122 Å². The number of hydrogen-bond acceptors (Lipinski definition) is 19. The predicted molar refractivity (Wildman–Crippen MR) is 236 cm³/mol. The average molecular weight is 1020 g/mol. The summed E-state index contributed by atoms with van der Waals surface area (Å²) in [6.07, 6.45) is 2.53. The number of unbranched alkanes of at least 4 members (excludes halogenated alkanes) is 5. The van der Waals surface area contributed by atoms with Crippen molar-refractivity contribution < 1.29 is 84.9 Å². The van der Waals surface area contributed by atoms with Gasteiger partial charge in [0.1, 0.15) is 47.8 Å². The Morgan fingerprint density at radius 3 is 2.27 bits per heavy atom. The highest BCUT2D eigenvalue weighted by Gasteiger charge is 2.50. The number of phosphoric ester groups is 3. The van der Waals surface area contributed by atoms with E-state index < -0.39 is 84.6 Å². The van der Waals surface area contributed by atoms with Crippen molar-refractivity contribution in [3.63, 3.8) is 0 Å². The van der Waals surface area contributed by atoms with Crippen LogP contribution >= 0.6 is 35.2 Å². The number of ether oxygens (including phenoxy) is 1. The van der Waals surface area contributed by atoms with Crippen LogP contribution in [0.15, 0.2) is 29.2 Å². The molecule has 1 saturated heterocycles. The zero-order valence-corrected chi connectivity index (χ0v) is 40.2. The van der Waals surface area contributed by atoms with Crippen LogP contribution in [0.2, 0.25) is 0 Å². The molecule has 4 rings (SSSR count). The first-order valence-electron chi connectivity index (χ1n) is 21.1. The number of nitrogen functional groups attached to an aromatic ring is 1. The number of phosphoric acid groups is 3. The van der Waals surface area contributed by atoms with Gasteiger partial charge in [-0.2, -0.15) is 4.31 Å². The number of carbonyl (C=O) groups excluding carboxylic acids is 3. The lowest BCUT2D eigenvalue weighted by Gasteiger charge is -2.30. The van der Waals surface area contributed by atoms with E-state index in [0.717, 1.165) is 85.4 Å². The molecule has 3 aromatic rings. The number of aryl methyl sites for hydroxylation is 2. The second kappa shape index (κ2) is 25.4. The van der Waals surface area contributed by atoms with Crippen molar-refractivity contribution in [1.29, 1.82) is 0 Å². The first-order valence-corrected chi connectivity index (χ1v) is 26.6. The number of nitrogens with one attached hydrogen (secondary N) is 2. The fraction of sp³-hybridized carbons (Fsp3) is 0.676. The second-order valence-electron chi connectivity index (χ2n) is 16.0. The van der Waals surface area contributed by atoms with E-state index in [-0.39, 0.29) is 41.6 Å². The Balaban J connectivity index is 1.11. The minimum absolute atomic E-state index is 0.0307. The lowest BCUT2D eigenvalue weighted by Crippen LogP contribution is -2.46. The molecule has 7 atom stereocenters. The molecule has 0 aromatic carbocycles. The number of nitrogens with zero attached hydrogens (tertiary/aromatic N) is 4. The van der Waals surface area contributed by atoms with Crippen LogP contribution in [-0.2, 0) is 63.5 Å². The number of hydrogen-bond donors (Lipinski definition) is 9. The number of anilines is 1. The molecule has 0 saturated carbocycles. The van der Waals surface area contributed by atoms with Gasteiger partial charge in [-0.15, -0.1) is 0 Å². The Morgan fingerprint density at radius 2 is 1.59 bits per heavy atom. The maximum absolute atomic E-state index is 12.7. The minimum atomic E-state index is -5.58. The fourth-order valence-electron chi connectivity index (χ4n) is 6.53. The van der Waals surface area contributed by atoms with E-state index >= 15 is 0 Å². The predicted octanol–water partition coefficient (Wildman–Crippen LogP) is 3.18. The molecular weight excluding hydrogens is 955 g/mol. The standard InChI is InChI=1S/C37H60N7O18P3S/c1-4-5-8-11-24-14-15-25(59-24)12-9-6-7-10-13-28(46)66-19-18-39-27(45)16-17-40-35(49)32(48)37(2,3)21-58-65(55,56)62-64(53,54)57-20-26-31(61-63(50,51)52)30(47)36(60-26)44-23-43-29-33(38)41-22-42-34(29)44/h14-15,22-23,26,30-32,36,47-48H,4-13,16-21H2,1-3H3,(H,39,45)(H,40,49)(H,53,54)(H,55,56)(H2,38,41,42)(H2,50,51,52). The Morgan fingerprint density at radius 1 is 0.924 bits per heavy atom. The molecular formula is C37H60N7O18P3S. The van der Waals surface area contributed by atoms with Crippen molar-refractivity contribution in [1.82, 2.24) is 30.2 Å². The number of fused-ring (bicyclic) bond motifs is 1. The molecule has 1 fully saturated rings. The largest absolute Gasteiger partial charge is 0.481 e. The first kappa shape index (κ1) is 55.4. The van der Waals surface area contributed by atoms with E-state index in [9.17, 15) is 57.9 Å². The number of carbonyl (C=O) groups is 3. The number of imidazole rings is 1. The molecule has 3 aromatic heterocycles. The molecule has 1 aliphatic rings.